The fourth-order valence-electron chi connectivity index (χ4n) is 2.08. The van der Waals surface area contributed by atoms with Gasteiger partial charge in [-0.15, -0.1) is 5.76 Å². The average Bonchev–Trinajstić information content (AvgIpc) is 2.60. The minimum absolute atomic E-state index is 0.134. The highest BCUT2D eigenvalue weighted by Gasteiger charge is 2.22. The minimum atomic E-state index is -0.497. The summed E-state index contributed by atoms with van der Waals surface area (Å²) in [6.07, 6.45) is 1.06. The summed E-state index contributed by atoms with van der Waals surface area (Å²) < 4.78 is 6.44. The zero-order valence-electron chi connectivity index (χ0n) is 12.7. The van der Waals surface area contributed by atoms with Crippen molar-refractivity contribution in [2.24, 2.45) is 0 Å². The van der Waals surface area contributed by atoms with Crippen LogP contribution in [0.5, 0.6) is 0 Å². The molecule has 5 heteroatoms. The molecular formula is C18H17INO3-. The Labute approximate surface area is 149 Å². The SMILES string of the molecule is CCOC(=O)N(I)C(/C=C(\[O-])c1ccccc1)c1ccccc1. The quantitative estimate of drug-likeness (QED) is 0.417. The van der Waals surface area contributed by atoms with E-state index in [4.69, 9.17) is 4.74 Å². The van der Waals surface area contributed by atoms with Gasteiger partial charge >= 0.3 is 6.09 Å². The molecule has 0 aliphatic rings. The predicted octanol–water partition coefficient (Wildman–Crippen LogP) is 3.94. The summed E-state index contributed by atoms with van der Waals surface area (Å²) in [5, 5.41) is 12.5. The molecule has 0 radical (unpaired) electrons. The molecule has 1 amide bonds. The lowest BCUT2D eigenvalue weighted by atomic mass is 10.0. The van der Waals surface area contributed by atoms with Gasteiger partial charge in [0.2, 0.25) is 0 Å². The maximum Gasteiger partial charge on any atom is 0.419 e. The van der Waals surface area contributed by atoms with E-state index in [1.54, 1.807) is 19.1 Å². The molecule has 0 saturated carbocycles. The Morgan fingerprint density at radius 2 is 1.74 bits per heavy atom. The van der Waals surface area contributed by atoms with Gasteiger partial charge in [0.05, 0.1) is 35.5 Å². The van der Waals surface area contributed by atoms with E-state index in [2.05, 4.69) is 0 Å². The molecule has 0 fully saturated rings. The van der Waals surface area contributed by atoms with Crippen LogP contribution >= 0.6 is 22.9 Å². The van der Waals surface area contributed by atoms with Gasteiger partial charge in [-0.3, -0.25) is 0 Å². The van der Waals surface area contributed by atoms with Crippen LogP contribution in [0.25, 0.3) is 5.76 Å². The Bertz CT molecular complexity index is 658. The van der Waals surface area contributed by atoms with E-state index < -0.39 is 12.1 Å². The maximum atomic E-state index is 12.5. The van der Waals surface area contributed by atoms with Crippen molar-refractivity contribution in [1.29, 1.82) is 0 Å². The van der Waals surface area contributed by atoms with Crippen LogP contribution < -0.4 is 5.11 Å². The predicted molar refractivity (Wildman–Crippen MR) is 96.5 cm³/mol. The molecule has 120 valence electrons. The molecule has 2 rings (SSSR count). The fourth-order valence-corrected chi connectivity index (χ4v) is 2.71. The molecule has 0 N–H and O–H groups in total. The number of benzene rings is 2. The number of halogens is 1. The highest BCUT2D eigenvalue weighted by molar-refractivity contribution is 14.1. The van der Waals surface area contributed by atoms with E-state index >= 15 is 0 Å². The number of ether oxygens (including phenoxy) is 1. The number of carbonyl (C=O) groups is 1. The van der Waals surface area contributed by atoms with Crippen molar-refractivity contribution in [2.75, 3.05) is 6.61 Å². The number of rotatable bonds is 5. The third kappa shape index (κ3) is 4.72. The van der Waals surface area contributed by atoms with E-state index in [1.165, 1.54) is 9.19 Å². The molecule has 2 aromatic carbocycles. The number of hydrogen-bond donors (Lipinski definition) is 0. The second-order valence-electron chi connectivity index (χ2n) is 4.76. The van der Waals surface area contributed by atoms with Gasteiger partial charge in [0, 0.05) is 0 Å². The first kappa shape index (κ1) is 17.3. The molecule has 4 nitrogen and oxygen atoms in total. The molecular weight excluding hydrogens is 405 g/mol. The highest BCUT2D eigenvalue weighted by atomic mass is 127. The lowest BCUT2D eigenvalue weighted by molar-refractivity contribution is -0.244. The first-order valence-electron chi connectivity index (χ1n) is 7.24. The van der Waals surface area contributed by atoms with Gasteiger partial charge in [0.15, 0.2) is 0 Å². The van der Waals surface area contributed by atoms with Crippen LogP contribution in [0.3, 0.4) is 0 Å². The van der Waals surface area contributed by atoms with Crippen molar-refractivity contribution < 1.29 is 14.6 Å². The summed E-state index contributed by atoms with van der Waals surface area (Å²) in [6.45, 7) is 2.03. The first-order valence-corrected chi connectivity index (χ1v) is 8.21. The van der Waals surface area contributed by atoms with Crippen LogP contribution in [0.1, 0.15) is 24.1 Å². The summed E-state index contributed by atoms with van der Waals surface area (Å²) >= 11 is 1.88. The van der Waals surface area contributed by atoms with E-state index in [-0.39, 0.29) is 12.4 Å². The van der Waals surface area contributed by atoms with Gasteiger partial charge in [-0.1, -0.05) is 66.7 Å². The molecule has 1 atom stereocenters. The number of carbonyl (C=O) groups excluding carboxylic acids is 1. The van der Waals surface area contributed by atoms with Crippen molar-refractivity contribution in [1.82, 2.24) is 3.11 Å². The van der Waals surface area contributed by atoms with Crippen molar-refractivity contribution in [2.45, 2.75) is 13.0 Å². The summed E-state index contributed by atoms with van der Waals surface area (Å²) in [6, 6.07) is 17.9. The van der Waals surface area contributed by atoms with Gasteiger partial charge in [-0.2, -0.15) is 0 Å². The molecule has 0 aliphatic heterocycles. The zero-order valence-corrected chi connectivity index (χ0v) is 14.8. The lowest BCUT2D eigenvalue weighted by Crippen LogP contribution is -2.26. The fraction of sp³-hybridized carbons (Fsp3) is 0.167. The minimum Gasteiger partial charge on any atom is -0.872 e. The Kier molecular flexibility index (Phi) is 6.46. The third-order valence-electron chi connectivity index (χ3n) is 3.20. The van der Waals surface area contributed by atoms with Crippen LogP contribution in [-0.4, -0.2) is 15.8 Å². The monoisotopic (exact) mass is 422 g/mol. The van der Waals surface area contributed by atoms with Gasteiger partial charge in [-0.25, -0.2) is 7.91 Å². The standard InChI is InChI=1S/C18H18INO3/c1-2-23-18(22)20(19)16(14-9-5-3-6-10-14)13-17(21)15-11-7-4-8-12-15/h3-13,16,21H,2H2,1H3/p-1/b17-13-. The van der Waals surface area contributed by atoms with Gasteiger partial charge in [0.1, 0.15) is 0 Å². The van der Waals surface area contributed by atoms with Gasteiger partial charge < -0.3 is 9.84 Å². The first-order chi connectivity index (χ1) is 11.1. The third-order valence-corrected chi connectivity index (χ3v) is 4.19. The van der Waals surface area contributed by atoms with E-state index in [9.17, 15) is 9.90 Å². The second-order valence-corrected chi connectivity index (χ2v) is 5.80. The highest BCUT2D eigenvalue weighted by Crippen LogP contribution is 2.28. The van der Waals surface area contributed by atoms with Crippen LogP contribution in [0.4, 0.5) is 4.79 Å². The Balaban J connectivity index is 2.36. The second kappa shape index (κ2) is 8.57. The Hall–Kier alpha value is -2.02. The van der Waals surface area contributed by atoms with Crippen LogP contribution in [0.15, 0.2) is 66.7 Å². The lowest BCUT2D eigenvalue weighted by Gasteiger charge is -2.26. The molecule has 2 aromatic rings. The molecule has 0 heterocycles. The maximum absolute atomic E-state index is 12.5. The van der Waals surface area contributed by atoms with Crippen molar-refractivity contribution in [3.63, 3.8) is 0 Å². The number of nitrogens with zero attached hydrogens (tertiary/aromatic N) is 1. The van der Waals surface area contributed by atoms with E-state index in [0.717, 1.165) is 5.56 Å². The molecule has 0 saturated heterocycles. The zero-order chi connectivity index (χ0) is 16.7. The number of amides is 1. The van der Waals surface area contributed by atoms with E-state index in [1.807, 2.05) is 71.4 Å². The normalized spacial score (nSPS) is 12.5. The summed E-state index contributed by atoms with van der Waals surface area (Å²) in [5.74, 6) is -0.134. The summed E-state index contributed by atoms with van der Waals surface area (Å²) in [7, 11) is 0. The van der Waals surface area contributed by atoms with Gasteiger partial charge in [0.25, 0.3) is 0 Å². The average molecular weight is 422 g/mol. The van der Waals surface area contributed by atoms with Crippen molar-refractivity contribution >= 4 is 34.7 Å². The van der Waals surface area contributed by atoms with Gasteiger partial charge in [-0.05, 0) is 18.1 Å². The molecule has 0 bridgehead atoms. The largest absolute Gasteiger partial charge is 0.872 e. The van der Waals surface area contributed by atoms with E-state index in [0.29, 0.717) is 5.56 Å². The van der Waals surface area contributed by atoms with Crippen LogP contribution in [0.2, 0.25) is 0 Å². The van der Waals surface area contributed by atoms with Crippen molar-refractivity contribution in [3.8, 4) is 0 Å². The smallest absolute Gasteiger partial charge is 0.419 e. The molecule has 0 aromatic heterocycles. The summed E-state index contributed by atoms with van der Waals surface area (Å²) in [5.41, 5.74) is 1.43. The molecule has 1 unspecified atom stereocenters. The van der Waals surface area contributed by atoms with Crippen molar-refractivity contribution in [3.05, 3.63) is 77.9 Å². The number of hydrogen-bond acceptors (Lipinski definition) is 3. The van der Waals surface area contributed by atoms with Crippen LogP contribution in [-0.2, 0) is 4.74 Å². The Morgan fingerprint density at radius 1 is 1.17 bits per heavy atom. The topological polar surface area (TPSA) is 52.6 Å². The Morgan fingerprint density at radius 3 is 2.30 bits per heavy atom. The van der Waals surface area contributed by atoms with Crippen LogP contribution in [0, 0.1) is 0 Å². The molecule has 0 aliphatic carbocycles. The molecule has 23 heavy (non-hydrogen) atoms. The summed E-state index contributed by atoms with van der Waals surface area (Å²) in [4.78, 5) is 12.0. The molecule has 0 spiro atoms.